The van der Waals surface area contributed by atoms with Crippen LogP contribution in [0.25, 0.3) is 16.4 Å². The van der Waals surface area contributed by atoms with E-state index in [4.69, 9.17) is 5.10 Å². The lowest BCUT2D eigenvalue weighted by atomic mass is 9.90. The highest BCUT2D eigenvalue weighted by molar-refractivity contribution is 6.06. The van der Waals surface area contributed by atoms with Gasteiger partial charge in [0.25, 0.3) is 5.91 Å². The predicted molar refractivity (Wildman–Crippen MR) is 220 cm³/mol. The number of nitrogens with one attached hydrogen (secondary N) is 2. The minimum absolute atomic E-state index is 0.223. The van der Waals surface area contributed by atoms with Crippen LogP contribution in [0.15, 0.2) is 67.0 Å². The van der Waals surface area contributed by atoms with Crippen molar-refractivity contribution in [3.05, 3.63) is 83.8 Å². The van der Waals surface area contributed by atoms with E-state index in [1.54, 1.807) is 36.9 Å². The number of nitrogens with zero attached hydrogens (tertiary/aromatic N) is 9. The Morgan fingerprint density at radius 3 is 2.29 bits per heavy atom. The molecule has 4 amide bonds. The van der Waals surface area contributed by atoms with Crippen molar-refractivity contribution in [2.45, 2.75) is 76.1 Å². The van der Waals surface area contributed by atoms with E-state index in [2.05, 4.69) is 59.5 Å². The van der Waals surface area contributed by atoms with E-state index >= 15 is 0 Å². The number of aliphatic hydroxyl groups is 1. The number of benzene rings is 2. The molecule has 1 saturated carbocycles. The van der Waals surface area contributed by atoms with Crippen LogP contribution in [-0.2, 0) is 10.4 Å². The van der Waals surface area contributed by atoms with Crippen molar-refractivity contribution in [3.63, 3.8) is 0 Å². The number of fused-ring (bicyclic) bond motifs is 2. The van der Waals surface area contributed by atoms with Gasteiger partial charge in [0.05, 0.1) is 34.4 Å². The molecule has 15 heteroatoms. The summed E-state index contributed by atoms with van der Waals surface area (Å²) in [5, 5.41) is 36.0. The second-order valence-corrected chi connectivity index (χ2v) is 16.7. The van der Waals surface area contributed by atoms with Crippen LogP contribution in [0.2, 0.25) is 0 Å². The van der Waals surface area contributed by atoms with Crippen molar-refractivity contribution in [1.82, 2.24) is 34.5 Å². The molecule has 15 nitrogen and oxygen atoms in total. The lowest BCUT2D eigenvalue weighted by molar-refractivity contribution is -0.120. The van der Waals surface area contributed by atoms with Gasteiger partial charge in [-0.05, 0) is 101 Å². The average molecular weight is 784 g/mol. The van der Waals surface area contributed by atoms with Gasteiger partial charge in [-0.1, -0.05) is 0 Å². The molecule has 0 bridgehead atoms. The molecule has 0 radical (unpaired) electrons. The van der Waals surface area contributed by atoms with E-state index in [-0.39, 0.29) is 23.9 Å². The number of urea groups is 1. The van der Waals surface area contributed by atoms with E-state index < -0.39 is 5.60 Å². The van der Waals surface area contributed by atoms with Crippen molar-refractivity contribution in [2.75, 3.05) is 60.9 Å². The van der Waals surface area contributed by atoms with Crippen LogP contribution in [-0.4, -0.2) is 110 Å². The maximum Gasteiger partial charge on any atom is 0.328 e. The quantitative estimate of drug-likeness (QED) is 0.198. The standard InChI is InChI=1S/C43H49N11O4/c1-43(2,58)36-23-37-29(22-38(36)46-41(56)39-12-11-34-21-28(24-44)25-45-54(34)39)26-53(48-37)33-9-5-30(6-10-33)49-17-19-50(20-18-49)35-13-15-51(27-35)31-3-7-32(8-4-31)52-16-14-40(55)47-42(52)57/h3-4,7-8,11-12,21-23,25-26,30,33,35,58H,5-6,9-10,13-20,27H2,1-2H3,(H,46,56)(H,47,55,57)/t30?,33?,35-/m0/s1. The molecule has 9 rings (SSSR count). The van der Waals surface area contributed by atoms with Gasteiger partial charge in [-0.25, -0.2) is 9.31 Å². The summed E-state index contributed by atoms with van der Waals surface area (Å²) in [6.45, 7) is 10.1. The molecule has 1 atom stereocenters. The van der Waals surface area contributed by atoms with Crippen molar-refractivity contribution in [3.8, 4) is 6.07 Å². The zero-order chi connectivity index (χ0) is 40.1. The number of anilines is 3. The van der Waals surface area contributed by atoms with Gasteiger partial charge in [0.15, 0.2) is 0 Å². The van der Waals surface area contributed by atoms with Gasteiger partial charge in [0.1, 0.15) is 11.8 Å². The Hall–Kier alpha value is -5.82. The molecule has 4 fully saturated rings. The fourth-order valence-electron chi connectivity index (χ4n) is 9.39. The minimum atomic E-state index is -1.23. The maximum atomic E-state index is 13.5. The van der Waals surface area contributed by atoms with Gasteiger partial charge in [-0.15, -0.1) is 0 Å². The SMILES string of the molecule is CC(C)(O)c1cc2nn(C3CCC(N4CCN([C@H]5CCN(c6ccc(N7CCC(=O)NC7=O)cc6)C5)CC4)CC3)cc2cc1NC(=O)c1ccc2cc(C#N)cnn12. The topological polar surface area (TPSA) is 167 Å². The highest BCUT2D eigenvalue weighted by Gasteiger charge is 2.34. The van der Waals surface area contributed by atoms with Crippen LogP contribution in [0.3, 0.4) is 0 Å². The number of imide groups is 1. The van der Waals surface area contributed by atoms with Crippen LogP contribution in [0.5, 0.6) is 0 Å². The number of piperazine rings is 1. The summed E-state index contributed by atoms with van der Waals surface area (Å²) in [6, 6.07) is 20.1. The number of nitriles is 1. The van der Waals surface area contributed by atoms with Crippen molar-refractivity contribution in [1.29, 1.82) is 5.26 Å². The smallest absolute Gasteiger partial charge is 0.328 e. The van der Waals surface area contributed by atoms with Gasteiger partial charge in [0, 0.05) is 98.5 Å². The van der Waals surface area contributed by atoms with Gasteiger partial charge >= 0.3 is 6.03 Å². The normalized spacial score (nSPS) is 22.4. The molecule has 1 aliphatic carbocycles. The minimum Gasteiger partial charge on any atom is -0.386 e. The number of amides is 4. The molecular formula is C43H49N11O4. The molecule has 3 aliphatic heterocycles. The third-order valence-electron chi connectivity index (χ3n) is 12.6. The van der Waals surface area contributed by atoms with Gasteiger partial charge in [-0.2, -0.15) is 15.5 Å². The summed E-state index contributed by atoms with van der Waals surface area (Å²) in [5.41, 5.74) is 4.00. The second-order valence-electron chi connectivity index (χ2n) is 16.7. The Kier molecular flexibility index (Phi) is 9.87. The molecule has 6 heterocycles. The zero-order valence-electron chi connectivity index (χ0n) is 33.0. The molecular weight excluding hydrogens is 735 g/mol. The maximum absolute atomic E-state index is 13.5. The number of hydrogen-bond acceptors (Lipinski definition) is 10. The first kappa shape index (κ1) is 37.7. The molecule has 3 N–H and O–H groups in total. The summed E-state index contributed by atoms with van der Waals surface area (Å²) in [4.78, 5) is 46.8. The van der Waals surface area contributed by atoms with Gasteiger partial charge in [0.2, 0.25) is 5.91 Å². The Balaban J connectivity index is 0.787. The van der Waals surface area contributed by atoms with E-state index in [0.29, 0.717) is 53.1 Å². The first-order chi connectivity index (χ1) is 28.0. The van der Waals surface area contributed by atoms with Crippen LogP contribution in [0.1, 0.15) is 80.0 Å². The first-order valence-electron chi connectivity index (χ1n) is 20.4. The molecule has 300 valence electrons. The lowest BCUT2D eigenvalue weighted by Gasteiger charge is -2.43. The second kappa shape index (κ2) is 15.2. The third kappa shape index (κ3) is 7.39. The summed E-state index contributed by atoms with van der Waals surface area (Å²) in [7, 11) is 0. The Morgan fingerprint density at radius 1 is 0.879 bits per heavy atom. The number of rotatable bonds is 8. The molecule has 4 aliphatic rings. The number of carbonyl (C=O) groups excluding carboxylic acids is 3. The Labute approximate surface area is 336 Å². The third-order valence-corrected chi connectivity index (χ3v) is 12.6. The molecule has 2 aromatic carbocycles. The van der Waals surface area contributed by atoms with Crippen LogP contribution >= 0.6 is 0 Å². The Morgan fingerprint density at radius 2 is 1.59 bits per heavy atom. The number of hydrogen-bond donors (Lipinski definition) is 3. The molecule has 3 saturated heterocycles. The summed E-state index contributed by atoms with van der Waals surface area (Å²) >= 11 is 0. The Bertz CT molecular complexity index is 2410. The fourth-order valence-corrected chi connectivity index (χ4v) is 9.39. The van der Waals surface area contributed by atoms with Crippen LogP contribution in [0.4, 0.5) is 21.9 Å². The van der Waals surface area contributed by atoms with Crippen LogP contribution < -0.4 is 20.4 Å². The van der Waals surface area contributed by atoms with Crippen LogP contribution in [0, 0.1) is 11.3 Å². The van der Waals surface area contributed by atoms with E-state index in [1.807, 2.05) is 24.3 Å². The van der Waals surface area contributed by atoms with Crippen molar-refractivity contribution in [2.24, 2.45) is 0 Å². The molecule has 3 aromatic heterocycles. The predicted octanol–water partition coefficient (Wildman–Crippen LogP) is 4.86. The monoisotopic (exact) mass is 783 g/mol. The highest BCUT2D eigenvalue weighted by atomic mass is 16.3. The van der Waals surface area contributed by atoms with E-state index in [0.717, 1.165) is 88.0 Å². The summed E-state index contributed by atoms with van der Waals surface area (Å²) in [5.74, 6) is -0.591. The zero-order valence-corrected chi connectivity index (χ0v) is 33.0. The average Bonchev–Trinajstić information content (AvgIpc) is 3.99. The fraction of sp³-hybridized carbons (Fsp3) is 0.442. The molecule has 0 spiro atoms. The lowest BCUT2D eigenvalue weighted by Crippen LogP contribution is -2.54. The molecule has 58 heavy (non-hydrogen) atoms. The summed E-state index contributed by atoms with van der Waals surface area (Å²) < 4.78 is 3.59. The molecule has 0 unspecified atom stereocenters. The van der Waals surface area contributed by atoms with E-state index in [1.165, 1.54) is 16.4 Å². The van der Waals surface area contributed by atoms with Gasteiger partial charge in [-0.3, -0.25) is 34.3 Å². The van der Waals surface area contributed by atoms with Gasteiger partial charge < -0.3 is 15.3 Å². The van der Waals surface area contributed by atoms with E-state index in [9.17, 15) is 24.8 Å². The highest BCUT2D eigenvalue weighted by Crippen LogP contribution is 2.36. The molecule has 5 aromatic rings. The van der Waals surface area contributed by atoms with Crippen molar-refractivity contribution >= 4 is 51.3 Å². The van der Waals surface area contributed by atoms with Crippen molar-refractivity contribution < 1.29 is 19.5 Å². The summed E-state index contributed by atoms with van der Waals surface area (Å²) in [6.07, 6.45) is 9.28. The first-order valence-corrected chi connectivity index (χ1v) is 20.4. The number of carbonyl (C=O) groups is 3. The number of aromatic nitrogens is 4. The largest absolute Gasteiger partial charge is 0.386 e.